The van der Waals surface area contributed by atoms with Crippen molar-refractivity contribution in [2.24, 2.45) is 0 Å². The second-order valence-corrected chi connectivity index (χ2v) is 5.69. The standard InChI is InChI=1S/C15H32N2O2/c1-14(2)17(9-6-10-19-12-11-18-3)13-15-7-4-5-8-16-15/h14-16H,4-13H2,1-3H3. The van der Waals surface area contributed by atoms with Crippen LogP contribution < -0.4 is 5.32 Å². The topological polar surface area (TPSA) is 33.7 Å². The molecule has 19 heavy (non-hydrogen) atoms. The predicted molar refractivity (Wildman–Crippen MR) is 79.7 cm³/mol. The summed E-state index contributed by atoms with van der Waals surface area (Å²) >= 11 is 0. The van der Waals surface area contributed by atoms with Gasteiger partial charge in [0.1, 0.15) is 0 Å². The van der Waals surface area contributed by atoms with E-state index in [-0.39, 0.29) is 0 Å². The molecule has 0 amide bonds. The summed E-state index contributed by atoms with van der Waals surface area (Å²) in [5.41, 5.74) is 0. The van der Waals surface area contributed by atoms with Gasteiger partial charge in [0, 0.05) is 38.9 Å². The van der Waals surface area contributed by atoms with Crippen LogP contribution in [0.25, 0.3) is 0 Å². The Morgan fingerprint density at radius 2 is 2.05 bits per heavy atom. The Morgan fingerprint density at radius 1 is 1.21 bits per heavy atom. The fourth-order valence-electron chi connectivity index (χ4n) is 2.54. The third-order valence-electron chi connectivity index (χ3n) is 3.76. The van der Waals surface area contributed by atoms with Crippen molar-refractivity contribution >= 4 is 0 Å². The Morgan fingerprint density at radius 3 is 2.68 bits per heavy atom. The lowest BCUT2D eigenvalue weighted by Gasteiger charge is -2.33. The van der Waals surface area contributed by atoms with E-state index >= 15 is 0 Å². The maximum atomic E-state index is 5.53. The lowest BCUT2D eigenvalue weighted by molar-refractivity contribution is 0.0625. The molecule has 1 aliphatic rings. The van der Waals surface area contributed by atoms with Crippen molar-refractivity contribution in [3.05, 3.63) is 0 Å². The normalized spacial score (nSPS) is 20.4. The average Bonchev–Trinajstić information content (AvgIpc) is 2.42. The smallest absolute Gasteiger partial charge is 0.0700 e. The third-order valence-corrected chi connectivity index (χ3v) is 3.76. The third kappa shape index (κ3) is 7.88. The lowest BCUT2D eigenvalue weighted by atomic mass is 10.0. The summed E-state index contributed by atoms with van der Waals surface area (Å²) in [5.74, 6) is 0. The minimum absolute atomic E-state index is 0.614. The van der Waals surface area contributed by atoms with Crippen LogP contribution in [0.4, 0.5) is 0 Å². The molecular formula is C15H32N2O2. The SMILES string of the molecule is COCCOCCCN(CC1CCCCN1)C(C)C. The number of methoxy groups -OCH3 is 1. The first kappa shape index (κ1) is 16.9. The minimum atomic E-state index is 0.614. The van der Waals surface area contributed by atoms with Gasteiger partial charge in [0.05, 0.1) is 13.2 Å². The molecule has 0 spiro atoms. The maximum absolute atomic E-state index is 5.53. The summed E-state index contributed by atoms with van der Waals surface area (Å²) in [6, 6.07) is 1.30. The number of nitrogens with one attached hydrogen (secondary N) is 1. The predicted octanol–water partition coefficient (Wildman–Crippen LogP) is 1.89. The number of hydrogen-bond donors (Lipinski definition) is 1. The van der Waals surface area contributed by atoms with Gasteiger partial charge >= 0.3 is 0 Å². The monoisotopic (exact) mass is 272 g/mol. The van der Waals surface area contributed by atoms with Gasteiger partial charge in [-0.25, -0.2) is 0 Å². The van der Waals surface area contributed by atoms with E-state index in [1.807, 2.05) is 0 Å². The quantitative estimate of drug-likeness (QED) is 0.616. The van der Waals surface area contributed by atoms with E-state index in [0.29, 0.717) is 25.3 Å². The highest BCUT2D eigenvalue weighted by Gasteiger charge is 2.18. The van der Waals surface area contributed by atoms with Crippen LogP contribution in [0.3, 0.4) is 0 Å². The molecule has 0 aromatic heterocycles. The molecule has 1 unspecified atom stereocenters. The van der Waals surface area contributed by atoms with Crippen molar-refractivity contribution in [3.63, 3.8) is 0 Å². The first-order valence-corrected chi connectivity index (χ1v) is 7.78. The van der Waals surface area contributed by atoms with Crippen LogP contribution in [0.5, 0.6) is 0 Å². The van der Waals surface area contributed by atoms with Crippen LogP contribution in [-0.4, -0.2) is 63.5 Å². The van der Waals surface area contributed by atoms with Crippen molar-refractivity contribution in [2.45, 2.75) is 51.6 Å². The van der Waals surface area contributed by atoms with Crippen LogP contribution in [0.2, 0.25) is 0 Å². The van der Waals surface area contributed by atoms with Gasteiger partial charge in [-0.05, 0) is 39.7 Å². The molecule has 0 aliphatic carbocycles. The van der Waals surface area contributed by atoms with Crippen LogP contribution in [0.1, 0.15) is 39.5 Å². The van der Waals surface area contributed by atoms with Gasteiger partial charge in [0.2, 0.25) is 0 Å². The van der Waals surface area contributed by atoms with Crippen LogP contribution in [0, 0.1) is 0 Å². The fourth-order valence-corrected chi connectivity index (χ4v) is 2.54. The number of piperidine rings is 1. The van der Waals surface area contributed by atoms with Crippen molar-refractivity contribution in [1.29, 1.82) is 0 Å². The van der Waals surface area contributed by atoms with E-state index in [1.165, 1.54) is 32.4 Å². The molecule has 1 fully saturated rings. The molecule has 0 aromatic carbocycles. The Labute approximate surface area is 118 Å². The molecule has 1 aliphatic heterocycles. The molecule has 4 heteroatoms. The molecular weight excluding hydrogens is 240 g/mol. The van der Waals surface area contributed by atoms with Crippen molar-refractivity contribution in [3.8, 4) is 0 Å². The van der Waals surface area contributed by atoms with Gasteiger partial charge in [-0.3, -0.25) is 4.90 Å². The Balaban J connectivity index is 2.13. The van der Waals surface area contributed by atoms with Gasteiger partial charge in [-0.1, -0.05) is 6.42 Å². The Hall–Kier alpha value is -0.160. The maximum Gasteiger partial charge on any atom is 0.0700 e. The Bertz CT molecular complexity index is 206. The van der Waals surface area contributed by atoms with E-state index < -0.39 is 0 Å². The van der Waals surface area contributed by atoms with E-state index in [2.05, 4.69) is 24.1 Å². The fraction of sp³-hybridized carbons (Fsp3) is 1.00. The van der Waals surface area contributed by atoms with Gasteiger partial charge in [0.25, 0.3) is 0 Å². The zero-order valence-electron chi connectivity index (χ0n) is 13.0. The zero-order chi connectivity index (χ0) is 13.9. The largest absolute Gasteiger partial charge is 0.382 e. The van der Waals surface area contributed by atoms with Gasteiger partial charge < -0.3 is 14.8 Å². The number of nitrogens with zero attached hydrogens (tertiary/aromatic N) is 1. The highest BCUT2D eigenvalue weighted by atomic mass is 16.5. The van der Waals surface area contributed by atoms with Gasteiger partial charge in [-0.15, -0.1) is 0 Å². The van der Waals surface area contributed by atoms with Crippen molar-refractivity contribution in [1.82, 2.24) is 10.2 Å². The highest BCUT2D eigenvalue weighted by Crippen LogP contribution is 2.10. The molecule has 1 atom stereocenters. The summed E-state index contributed by atoms with van der Waals surface area (Å²) in [6.45, 7) is 10.3. The molecule has 0 bridgehead atoms. The number of hydrogen-bond acceptors (Lipinski definition) is 4. The molecule has 1 heterocycles. The van der Waals surface area contributed by atoms with Crippen LogP contribution in [-0.2, 0) is 9.47 Å². The molecule has 1 rings (SSSR count). The average molecular weight is 272 g/mol. The Kier molecular flexibility index (Phi) is 9.43. The lowest BCUT2D eigenvalue weighted by Crippen LogP contribution is -2.46. The zero-order valence-corrected chi connectivity index (χ0v) is 13.0. The molecule has 0 saturated carbocycles. The second-order valence-electron chi connectivity index (χ2n) is 5.69. The first-order chi connectivity index (χ1) is 9.24. The van der Waals surface area contributed by atoms with Crippen LogP contribution in [0.15, 0.2) is 0 Å². The van der Waals surface area contributed by atoms with Crippen LogP contribution >= 0.6 is 0 Å². The summed E-state index contributed by atoms with van der Waals surface area (Å²) in [6.07, 6.45) is 5.15. The molecule has 0 radical (unpaired) electrons. The van der Waals surface area contributed by atoms with E-state index in [4.69, 9.17) is 9.47 Å². The summed E-state index contributed by atoms with van der Waals surface area (Å²) in [7, 11) is 1.71. The molecule has 4 nitrogen and oxygen atoms in total. The van der Waals surface area contributed by atoms with E-state index in [0.717, 1.165) is 19.6 Å². The molecule has 114 valence electrons. The molecule has 1 N–H and O–H groups in total. The summed E-state index contributed by atoms with van der Waals surface area (Å²) in [4.78, 5) is 2.57. The molecule has 0 aromatic rings. The highest BCUT2D eigenvalue weighted by molar-refractivity contribution is 4.77. The first-order valence-electron chi connectivity index (χ1n) is 7.78. The minimum Gasteiger partial charge on any atom is -0.382 e. The van der Waals surface area contributed by atoms with Gasteiger partial charge in [-0.2, -0.15) is 0 Å². The van der Waals surface area contributed by atoms with Crippen molar-refractivity contribution in [2.75, 3.05) is 46.6 Å². The van der Waals surface area contributed by atoms with E-state index in [1.54, 1.807) is 7.11 Å². The van der Waals surface area contributed by atoms with Gasteiger partial charge in [0.15, 0.2) is 0 Å². The summed E-state index contributed by atoms with van der Waals surface area (Å²) in [5, 5.41) is 3.63. The van der Waals surface area contributed by atoms with E-state index in [9.17, 15) is 0 Å². The number of rotatable bonds is 10. The number of ether oxygens (including phenoxy) is 2. The second kappa shape index (κ2) is 10.6. The molecule has 1 saturated heterocycles. The summed E-state index contributed by atoms with van der Waals surface area (Å²) < 4.78 is 10.5. The van der Waals surface area contributed by atoms with Crippen molar-refractivity contribution < 1.29 is 9.47 Å².